The first-order valence-electron chi connectivity index (χ1n) is 4.19. The van der Waals surface area contributed by atoms with E-state index in [0.29, 0.717) is 15.6 Å². The third-order valence-corrected chi connectivity index (χ3v) is 2.76. The molecule has 0 heterocycles. The lowest BCUT2D eigenvalue weighted by Crippen LogP contribution is -2.18. The van der Waals surface area contributed by atoms with Crippen molar-refractivity contribution in [1.29, 1.82) is 0 Å². The number of Topliss-reactive ketones (excluding diaryl/α,β-unsaturated/α-hetero) is 1. The Labute approximate surface area is 90.6 Å². The summed E-state index contributed by atoms with van der Waals surface area (Å²) in [5.41, 5.74) is 0.903. The summed E-state index contributed by atoms with van der Waals surface area (Å²) in [7, 11) is 1.68. The van der Waals surface area contributed by atoms with Crippen LogP contribution < -0.4 is 5.32 Å². The van der Waals surface area contributed by atoms with Crippen LogP contribution in [0.3, 0.4) is 0 Å². The van der Waals surface area contributed by atoms with Crippen molar-refractivity contribution in [3.63, 3.8) is 0 Å². The van der Waals surface area contributed by atoms with Crippen molar-refractivity contribution in [3.8, 4) is 0 Å². The van der Waals surface area contributed by atoms with Crippen LogP contribution in [-0.2, 0) is 0 Å². The Hall–Kier alpha value is -0.740. The van der Waals surface area contributed by atoms with Gasteiger partial charge in [0.15, 0.2) is 5.78 Å². The highest BCUT2D eigenvalue weighted by Crippen LogP contribution is 2.21. The second-order valence-electron chi connectivity index (χ2n) is 3.02. The van der Waals surface area contributed by atoms with Gasteiger partial charge in [0, 0.05) is 10.0 Å². The van der Waals surface area contributed by atoms with E-state index in [-0.39, 0.29) is 18.1 Å². The molecule has 1 N–H and O–H groups in total. The first kappa shape index (κ1) is 11.3. The van der Waals surface area contributed by atoms with Crippen LogP contribution in [0.15, 0.2) is 16.6 Å². The van der Waals surface area contributed by atoms with Crippen LogP contribution >= 0.6 is 15.9 Å². The van der Waals surface area contributed by atoms with Gasteiger partial charge in [-0.05, 0) is 31.7 Å². The van der Waals surface area contributed by atoms with Gasteiger partial charge in [0.25, 0.3) is 0 Å². The molecule has 1 aromatic carbocycles. The SMILES string of the molecule is CNCC(=O)c1cc(F)c(C)c(Br)c1. The van der Waals surface area contributed by atoms with Crippen molar-refractivity contribution in [3.05, 3.63) is 33.5 Å². The second kappa shape index (κ2) is 4.66. The topological polar surface area (TPSA) is 29.1 Å². The third kappa shape index (κ3) is 2.39. The van der Waals surface area contributed by atoms with Crippen LogP contribution in [0.25, 0.3) is 0 Å². The molecule has 0 fully saturated rings. The smallest absolute Gasteiger partial charge is 0.176 e. The fourth-order valence-corrected chi connectivity index (χ4v) is 1.50. The Bertz CT molecular complexity index is 342. The normalized spacial score (nSPS) is 10.3. The van der Waals surface area contributed by atoms with E-state index in [2.05, 4.69) is 21.2 Å². The number of nitrogens with one attached hydrogen (secondary N) is 1. The molecule has 14 heavy (non-hydrogen) atoms. The summed E-state index contributed by atoms with van der Waals surface area (Å²) in [6, 6.07) is 2.90. The van der Waals surface area contributed by atoms with Crippen LogP contribution in [0.5, 0.6) is 0 Å². The van der Waals surface area contributed by atoms with Gasteiger partial charge in [-0.3, -0.25) is 4.79 Å². The van der Waals surface area contributed by atoms with Gasteiger partial charge in [-0.1, -0.05) is 15.9 Å². The summed E-state index contributed by atoms with van der Waals surface area (Å²) in [5, 5.41) is 2.73. The Morgan fingerprint density at radius 3 is 2.71 bits per heavy atom. The van der Waals surface area contributed by atoms with Crippen molar-refractivity contribution in [1.82, 2.24) is 5.32 Å². The zero-order chi connectivity index (χ0) is 10.7. The van der Waals surface area contributed by atoms with E-state index in [0.717, 1.165) is 0 Å². The largest absolute Gasteiger partial charge is 0.313 e. The average molecular weight is 260 g/mol. The minimum absolute atomic E-state index is 0.118. The molecule has 0 amide bonds. The van der Waals surface area contributed by atoms with Gasteiger partial charge in [0.05, 0.1) is 6.54 Å². The zero-order valence-corrected chi connectivity index (χ0v) is 9.61. The maximum Gasteiger partial charge on any atom is 0.176 e. The van der Waals surface area contributed by atoms with Gasteiger partial charge in [-0.2, -0.15) is 0 Å². The molecule has 0 saturated carbocycles. The fraction of sp³-hybridized carbons (Fsp3) is 0.300. The molecule has 1 aromatic rings. The molecule has 0 aliphatic rings. The lowest BCUT2D eigenvalue weighted by Gasteiger charge is -2.04. The van der Waals surface area contributed by atoms with E-state index >= 15 is 0 Å². The van der Waals surface area contributed by atoms with E-state index in [1.54, 1.807) is 20.0 Å². The number of likely N-dealkylation sites (N-methyl/N-ethyl adjacent to an activating group) is 1. The predicted molar refractivity (Wildman–Crippen MR) is 57.1 cm³/mol. The summed E-state index contributed by atoms with van der Waals surface area (Å²) in [6.45, 7) is 1.88. The summed E-state index contributed by atoms with van der Waals surface area (Å²) >= 11 is 3.20. The highest BCUT2D eigenvalue weighted by atomic mass is 79.9. The monoisotopic (exact) mass is 259 g/mol. The third-order valence-electron chi connectivity index (χ3n) is 1.94. The number of carbonyl (C=O) groups is 1. The van der Waals surface area contributed by atoms with Gasteiger partial charge >= 0.3 is 0 Å². The fourth-order valence-electron chi connectivity index (χ4n) is 1.07. The Morgan fingerprint density at radius 2 is 2.21 bits per heavy atom. The molecule has 0 aliphatic carbocycles. The number of halogens is 2. The van der Waals surface area contributed by atoms with Gasteiger partial charge in [0.2, 0.25) is 0 Å². The number of hydrogen-bond acceptors (Lipinski definition) is 2. The standard InChI is InChI=1S/C10H11BrFNO/c1-6-8(11)3-7(4-9(6)12)10(14)5-13-2/h3-4,13H,5H2,1-2H3. The predicted octanol–water partition coefficient (Wildman–Crippen LogP) is 2.30. The molecule has 0 aliphatic heterocycles. The van der Waals surface area contributed by atoms with Crippen molar-refractivity contribution in [2.45, 2.75) is 6.92 Å². The van der Waals surface area contributed by atoms with E-state index < -0.39 is 0 Å². The molecule has 76 valence electrons. The van der Waals surface area contributed by atoms with Gasteiger partial charge in [-0.25, -0.2) is 4.39 Å². The van der Waals surface area contributed by atoms with Crippen LogP contribution in [0.4, 0.5) is 4.39 Å². The minimum atomic E-state index is -0.362. The maximum atomic E-state index is 13.2. The molecule has 0 bridgehead atoms. The van der Waals surface area contributed by atoms with Crippen LogP contribution in [0.1, 0.15) is 15.9 Å². The van der Waals surface area contributed by atoms with E-state index in [1.165, 1.54) is 6.07 Å². The molecular formula is C10H11BrFNO. The summed E-state index contributed by atoms with van der Waals surface area (Å²) in [5.74, 6) is -0.481. The molecule has 0 unspecified atom stereocenters. The lowest BCUT2D eigenvalue weighted by atomic mass is 10.1. The van der Waals surface area contributed by atoms with Crippen LogP contribution in [0.2, 0.25) is 0 Å². The van der Waals surface area contributed by atoms with Crippen molar-refractivity contribution < 1.29 is 9.18 Å². The molecular weight excluding hydrogens is 249 g/mol. The number of ketones is 1. The van der Waals surface area contributed by atoms with Gasteiger partial charge in [-0.15, -0.1) is 0 Å². The molecule has 0 atom stereocenters. The zero-order valence-electron chi connectivity index (χ0n) is 8.03. The molecule has 0 spiro atoms. The van der Waals surface area contributed by atoms with Crippen molar-refractivity contribution in [2.24, 2.45) is 0 Å². The highest BCUT2D eigenvalue weighted by Gasteiger charge is 2.10. The quantitative estimate of drug-likeness (QED) is 0.845. The molecule has 2 nitrogen and oxygen atoms in total. The highest BCUT2D eigenvalue weighted by molar-refractivity contribution is 9.10. The second-order valence-corrected chi connectivity index (χ2v) is 3.87. The first-order chi connectivity index (χ1) is 6.56. The van der Waals surface area contributed by atoms with E-state index in [4.69, 9.17) is 0 Å². The number of hydrogen-bond donors (Lipinski definition) is 1. The minimum Gasteiger partial charge on any atom is -0.313 e. The average Bonchev–Trinajstić information content (AvgIpc) is 2.13. The maximum absolute atomic E-state index is 13.2. The first-order valence-corrected chi connectivity index (χ1v) is 4.99. The molecule has 0 radical (unpaired) electrons. The number of carbonyl (C=O) groups excluding carboxylic acids is 1. The Morgan fingerprint density at radius 1 is 1.57 bits per heavy atom. The molecule has 4 heteroatoms. The number of rotatable bonds is 3. The molecule has 0 aromatic heterocycles. The molecule has 1 rings (SSSR count). The van der Waals surface area contributed by atoms with E-state index in [1.807, 2.05) is 0 Å². The van der Waals surface area contributed by atoms with Gasteiger partial charge in [0.1, 0.15) is 5.82 Å². The number of benzene rings is 1. The van der Waals surface area contributed by atoms with Gasteiger partial charge < -0.3 is 5.32 Å². The van der Waals surface area contributed by atoms with E-state index in [9.17, 15) is 9.18 Å². The Balaban J connectivity index is 3.06. The van der Waals surface area contributed by atoms with Crippen molar-refractivity contribution in [2.75, 3.05) is 13.6 Å². The lowest BCUT2D eigenvalue weighted by molar-refractivity contribution is 0.0993. The summed E-state index contributed by atoms with van der Waals surface area (Å²) in [6.07, 6.45) is 0. The Kier molecular flexibility index (Phi) is 3.77. The van der Waals surface area contributed by atoms with Crippen molar-refractivity contribution >= 4 is 21.7 Å². The van der Waals surface area contributed by atoms with Crippen LogP contribution in [-0.4, -0.2) is 19.4 Å². The summed E-state index contributed by atoms with van der Waals surface area (Å²) < 4.78 is 13.9. The van der Waals surface area contributed by atoms with Crippen LogP contribution in [0, 0.1) is 12.7 Å². The molecule has 0 saturated heterocycles. The summed E-state index contributed by atoms with van der Waals surface area (Å²) in [4.78, 5) is 11.4.